The molecule has 4 heteroatoms. The summed E-state index contributed by atoms with van der Waals surface area (Å²) in [5, 5.41) is 12.2. The Morgan fingerprint density at radius 3 is 2.43 bits per heavy atom. The van der Waals surface area contributed by atoms with Gasteiger partial charge in [-0.2, -0.15) is 0 Å². The van der Waals surface area contributed by atoms with E-state index in [4.69, 9.17) is 5.11 Å². The molecule has 2 atom stereocenters. The number of hydrogen-bond donors (Lipinski definition) is 2. The molecule has 2 aromatic rings. The molecule has 0 fully saturated rings. The summed E-state index contributed by atoms with van der Waals surface area (Å²) in [6.45, 7) is -0.00227. The van der Waals surface area contributed by atoms with E-state index in [1.807, 2.05) is 18.2 Å². The molecule has 0 radical (unpaired) electrons. The van der Waals surface area contributed by atoms with Gasteiger partial charge in [0, 0.05) is 6.04 Å². The first kappa shape index (κ1) is 17.5. The summed E-state index contributed by atoms with van der Waals surface area (Å²) in [5.41, 5.74) is 4.01. The normalized spacial score (nSPS) is 17.7. The van der Waals surface area contributed by atoms with E-state index in [9.17, 15) is 4.79 Å². The average molecular weight is 332 g/mol. The summed E-state index contributed by atoms with van der Waals surface area (Å²) < 4.78 is 0. The van der Waals surface area contributed by atoms with Gasteiger partial charge in [-0.1, -0.05) is 54.6 Å². The van der Waals surface area contributed by atoms with Crippen LogP contribution in [0.5, 0.6) is 0 Å². The Morgan fingerprint density at radius 1 is 1.09 bits per heavy atom. The molecular weight excluding hydrogens is 310 g/mol. The standard InChI is InChI=1S/C19H21NO2.ClH/c21-18(22)13-20-19(15-7-2-1-3-8-15)17-11-10-14-6-4-5-9-16(14)12-17;/h1-9,17,19-20H,10-13H2,(H,21,22);1H. The predicted molar refractivity (Wildman–Crippen MR) is 94.0 cm³/mol. The van der Waals surface area contributed by atoms with E-state index < -0.39 is 5.97 Å². The van der Waals surface area contributed by atoms with Gasteiger partial charge in [0.05, 0.1) is 6.54 Å². The van der Waals surface area contributed by atoms with E-state index in [1.165, 1.54) is 16.7 Å². The van der Waals surface area contributed by atoms with E-state index in [0.717, 1.165) is 19.3 Å². The van der Waals surface area contributed by atoms with Crippen molar-refractivity contribution in [3.63, 3.8) is 0 Å². The number of benzene rings is 2. The van der Waals surface area contributed by atoms with Gasteiger partial charge in [0.15, 0.2) is 0 Å². The Kier molecular flexibility index (Phi) is 6.20. The van der Waals surface area contributed by atoms with Crippen LogP contribution < -0.4 is 5.32 Å². The van der Waals surface area contributed by atoms with Crippen molar-refractivity contribution in [3.05, 3.63) is 71.3 Å². The fourth-order valence-electron chi connectivity index (χ4n) is 3.42. The monoisotopic (exact) mass is 331 g/mol. The van der Waals surface area contributed by atoms with Gasteiger partial charge in [-0.15, -0.1) is 12.4 Å². The topological polar surface area (TPSA) is 49.3 Å². The van der Waals surface area contributed by atoms with Gasteiger partial charge in [-0.05, 0) is 41.9 Å². The van der Waals surface area contributed by atoms with Crippen LogP contribution in [0, 0.1) is 5.92 Å². The van der Waals surface area contributed by atoms with Crippen molar-refractivity contribution in [2.75, 3.05) is 6.54 Å². The second-order valence-electron chi connectivity index (χ2n) is 5.93. The van der Waals surface area contributed by atoms with E-state index in [1.54, 1.807) is 0 Å². The quantitative estimate of drug-likeness (QED) is 0.879. The molecule has 0 amide bonds. The molecular formula is C19H22ClNO2. The minimum absolute atomic E-state index is 0. The summed E-state index contributed by atoms with van der Waals surface area (Å²) >= 11 is 0. The molecule has 0 saturated carbocycles. The number of hydrogen-bond acceptors (Lipinski definition) is 2. The smallest absolute Gasteiger partial charge is 0.317 e. The highest BCUT2D eigenvalue weighted by Gasteiger charge is 2.27. The molecule has 122 valence electrons. The van der Waals surface area contributed by atoms with Crippen LogP contribution in [0.25, 0.3) is 0 Å². The molecule has 0 saturated heterocycles. The number of carboxylic acid groups (broad SMARTS) is 1. The molecule has 0 heterocycles. The number of carbonyl (C=O) groups is 1. The molecule has 0 spiro atoms. The van der Waals surface area contributed by atoms with E-state index in [-0.39, 0.29) is 25.0 Å². The Hall–Kier alpha value is -1.84. The van der Waals surface area contributed by atoms with Gasteiger partial charge in [-0.25, -0.2) is 0 Å². The molecule has 23 heavy (non-hydrogen) atoms. The zero-order valence-corrected chi connectivity index (χ0v) is 13.8. The van der Waals surface area contributed by atoms with Crippen LogP contribution in [0.2, 0.25) is 0 Å². The van der Waals surface area contributed by atoms with Crippen LogP contribution >= 0.6 is 12.4 Å². The van der Waals surface area contributed by atoms with Gasteiger partial charge in [-0.3, -0.25) is 10.1 Å². The number of carboxylic acids is 1. The van der Waals surface area contributed by atoms with Crippen molar-refractivity contribution in [3.8, 4) is 0 Å². The van der Waals surface area contributed by atoms with Crippen molar-refractivity contribution in [1.29, 1.82) is 0 Å². The summed E-state index contributed by atoms with van der Waals surface area (Å²) in [5.74, 6) is -0.381. The maximum absolute atomic E-state index is 11.0. The lowest BCUT2D eigenvalue weighted by molar-refractivity contribution is -0.136. The number of aryl methyl sites for hydroxylation is 1. The number of rotatable bonds is 5. The molecule has 1 aliphatic carbocycles. The Morgan fingerprint density at radius 2 is 1.74 bits per heavy atom. The van der Waals surface area contributed by atoms with E-state index in [0.29, 0.717) is 5.92 Å². The molecule has 2 N–H and O–H groups in total. The first-order valence-corrected chi connectivity index (χ1v) is 7.81. The van der Waals surface area contributed by atoms with E-state index >= 15 is 0 Å². The number of nitrogens with one attached hydrogen (secondary N) is 1. The van der Waals surface area contributed by atoms with Gasteiger partial charge < -0.3 is 5.11 Å². The first-order valence-electron chi connectivity index (χ1n) is 7.81. The highest BCUT2D eigenvalue weighted by atomic mass is 35.5. The van der Waals surface area contributed by atoms with Crippen LogP contribution in [-0.4, -0.2) is 17.6 Å². The number of halogens is 1. The lowest BCUT2D eigenvalue weighted by Gasteiger charge is -2.32. The SMILES string of the molecule is Cl.O=C(O)CNC(c1ccccc1)C1CCc2ccccc2C1. The van der Waals surface area contributed by atoms with Crippen LogP contribution in [0.4, 0.5) is 0 Å². The second-order valence-corrected chi connectivity index (χ2v) is 5.93. The van der Waals surface area contributed by atoms with Crippen LogP contribution in [0.15, 0.2) is 54.6 Å². The van der Waals surface area contributed by atoms with Crippen molar-refractivity contribution in [1.82, 2.24) is 5.32 Å². The fraction of sp³-hybridized carbons (Fsp3) is 0.316. The highest BCUT2D eigenvalue weighted by Crippen LogP contribution is 2.34. The van der Waals surface area contributed by atoms with Crippen molar-refractivity contribution in [2.24, 2.45) is 5.92 Å². The number of aliphatic carboxylic acids is 1. The molecule has 0 aromatic heterocycles. The highest BCUT2D eigenvalue weighted by molar-refractivity contribution is 5.85. The van der Waals surface area contributed by atoms with Crippen LogP contribution in [0.1, 0.15) is 29.2 Å². The molecule has 0 bridgehead atoms. The second kappa shape index (κ2) is 8.14. The molecule has 1 aliphatic rings. The first-order chi connectivity index (χ1) is 10.7. The lowest BCUT2D eigenvalue weighted by atomic mass is 9.78. The zero-order chi connectivity index (χ0) is 15.4. The Labute approximate surface area is 143 Å². The van der Waals surface area contributed by atoms with Gasteiger partial charge >= 0.3 is 5.97 Å². The average Bonchev–Trinajstić information content (AvgIpc) is 2.55. The van der Waals surface area contributed by atoms with E-state index in [2.05, 4.69) is 41.7 Å². The summed E-state index contributed by atoms with van der Waals surface area (Å²) in [6.07, 6.45) is 3.16. The third-order valence-electron chi connectivity index (χ3n) is 4.49. The van der Waals surface area contributed by atoms with Crippen molar-refractivity contribution in [2.45, 2.75) is 25.3 Å². The zero-order valence-electron chi connectivity index (χ0n) is 12.9. The molecule has 0 aliphatic heterocycles. The lowest BCUT2D eigenvalue weighted by Crippen LogP contribution is -2.35. The summed E-state index contributed by atoms with van der Waals surface area (Å²) in [7, 11) is 0. The molecule has 3 nitrogen and oxygen atoms in total. The summed E-state index contributed by atoms with van der Waals surface area (Å²) in [4.78, 5) is 11.0. The minimum atomic E-state index is -0.808. The number of fused-ring (bicyclic) bond motifs is 1. The maximum Gasteiger partial charge on any atom is 0.317 e. The Bertz CT molecular complexity index is 645. The third kappa shape index (κ3) is 4.34. The van der Waals surface area contributed by atoms with Crippen molar-refractivity contribution < 1.29 is 9.90 Å². The third-order valence-corrected chi connectivity index (χ3v) is 4.49. The Balaban J connectivity index is 0.00000192. The van der Waals surface area contributed by atoms with Crippen LogP contribution in [-0.2, 0) is 17.6 Å². The fourth-order valence-corrected chi connectivity index (χ4v) is 3.42. The minimum Gasteiger partial charge on any atom is -0.480 e. The predicted octanol–water partition coefficient (Wildman–Crippen LogP) is 3.63. The molecule has 2 unspecified atom stereocenters. The summed E-state index contributed by atoms with van der Waals surface area (Å²) in [6, 6.07) is 18.9. The van der Waals surface area contributed by atoms with Crippen LogP contribution in [0.3, 0.4) is 0 Å². The van der Waals surface area contributed by atoms with Gasteiger partial charge in [0.1, 0.15) is 0 Å². The largest absolute Gasteiger partial charge is 0.480 e. The maximum atomic E-state index is 11.0. The van der Waals surface area contributed by atoms with Crippen molar-refractivity contribution >= 4 is 18.4 Å². The molecule has 2 aromatic carbocycles. The van der Waals surface area contributed by atoms with Gasteiger partial charge in [0.25, 0.3) is 0 Å². The molecule has 3 rings (SSSR count). The van der Waals surface area contributed by atoms with Gasteiger partial charge in [0.2, 0.25) is 0 Å².